The largest absolute Gasteiger partial charge is 0.481 e. The third-order valence-electron chi connectivity index (χ3n) is 3.54. The number of thioether (sulfide) groups is 1. The molecular weight excluding hydrogens is 429 g/mol. The number of carbonyl (C=O) groups is 1. The highest BCUT2D eigenvalue weighted by atomic mass is 35.5. The Kier molecular flexibility index (Phi) is 6.18. The Morgan fingerprint density at radius 1 is 1.14 bits per heavy atom. The van der Waals surface area contributed by atoms with E-state index >= 15 is 0 Å². The van der Waals surface area contributed by atoms with Gasteiger partial charge in [0.25, 0.3) is 10.9 Å². The van der Waals surface area contributed by atoms with Crippen LogP contribution in [-0.4, -0.2) is 26.2 Å². The zero-order valence-corrected chi connectivity index (χ0v) is 16.3. The van der Waals surface area contributed by atoms with Gasteiger partial charge in [-0.25, -0.2) is 0 Å². The average molecular weight is 440 g/mol. The summed E-state index contributed by atoms with van der Waals surface area (Å²) in [5.74, 6) is -0.542. The molecule has 0 saturated heterocycles. The van der Waals surface area contributed by atoms with Crippen LogP contribution in [0.3, 0.4) is 0 Å². The van der Waals surface area contributed by atoms with Crippen molar-refractivity contribution in [3.63, 3.8) is 0 Å². The van der Waals surface area contributed by atoms with Crippen LogP contribution in [0.5, 0.6) is 0 Å². The van der Waals surface area contributed by atoms with Gasteiger partial charge in [-0.2, -0.15) is 0 Å². The van der Waals surface area contributed by atoms with E-state index in [9.17, 15) is 14.9 Å². The molecule has 0 aliphatic carbocycles. The number of aromatic nitrogens is 2. The number of halogens is 2. The Morgan fingerprint density at radius 2 is 1.93 bits per heavy atom. The molecule has 0 amide bonds. The Balaban J connectivity index is 1.80. The van der Waals surface area contributed by atoms with Gasteiger partial charge in [-0.1, -0.05) is 41.0 Å². The first-order chi connectivity index (χ1) is 13.3. The van der Waals surface area contributed by atoms with Crippen molar-refractivity contribution in [1.82, 2.24) is 10.2 Å². The molecular formula is C17H11Cl2N3O5S. The summed E-state index contributed by atoms with van der Waals surface area (Å²) < 4.78 is 5.55. The van der Waals surface area contributed by atoms with Gasteiger partial charge in [-0.05, 0) is 29.3 Å². The molecule has 3 rings (SSSR count). The summed E-state index contributed by atoms with van der Waals surface area (Å²) in [7, 11) is 0. The van der Waals surface area contributed by atoms with Crippen LogP contribution < -0.4 is 0 Å². The number of nitro benzene ring substituents is 1. The lowest BCUT2D eigenvalue weighted by Crippen LogP contribution is -2.01. The predicted octanol–water partition coefficient (Wildman–Crippen LogP) is 4.87. The van der Waals surface area contributed by atoms with E-state index in [1.54, 1.807) is 12.1 Å². The van der Waals surface area contributed by atoms with Gasteiger partial charge >= 0.3 is 5.97 Å². The minimum absolute atomic E-state index is 0.0620. The Labute approximate surface area is 172 Å². The van der Waals surface area contributed by atoms with Gasteiger partial charge in [0, 0.05) is 23.4 Å². The SMILES string of the molecule is O=C(O)Cc1cc(-c2nnc(SCc3ccc(Cl)c(Cl)c3)o2)cc([N+](=O)[O-])c1. The van der Waals surface area contributed by atoms with Crippen LogP contribution in [-0.2, 0) is 17.0 Å². The van der Waals surface area contributed by atoms with Crippen LogP contribution in [0.1, 0.15) is 11.1 Å². The summed E-state index contributed by atoms with van der Waals surface area (Å²) in [6.45, 7) is 0. The van der Waals surface area contributed by atoms with Crippen molar-refractivity contribution in [1.29, 1.82) is 0 Å². The number of rotatable bonds is 7. The number of nitrogens with zero attached hydrogens (tertiary/aromatic N) is 3. The topological polar surface area (TPSA) is 119 Å². The molecule has 11 heteroatoms. The average Bonchev–Trinajstić information content (AvgIpc) is 3.11. The van der Waals surface area contributed by atoms with E-state index in [1.165, 1.54) is 30.0 Å². The van der Waals surface area contributed by atoms with Gasteiger partial charge in [0.2, 0.25) is 5.89 Å². The fourth-order valence-electron chi connectivity index (χ4n) is 2.34. The summed E-state index contributed by atoms with van der Waals surface area (Å²) in [6.07, 6.45) is -0.359. The lowest BCUT2D eigenvalue weighted by molar-refractivity contribution is -0.384. The highest BCUT2D eigenvalue weighted by Gasteiger charge is 2.17. The zero-order valence-electron chi connectivity index (χ0n) is 14.0. The summed E-state index contributed by atoms with van der Waals surface area (Å²) in [4.78, 5) is 21.4. The molecule has 144 valence electrons. The van der Waals surface area contributed by atoms with E-state index in [-0.39, 0.29) is 34.3 Å². The maximum absolute atomic E-state index is 11.1. The second-order valence-corrected chi connectivity index (χ2v) is 7.37. The van der Waals surface area contributed by atoms with E-state index in [2.05, 4.69) is 10.2 Å². The molecule has 0 radical (unpaired) electrons. The predicted molar refractivity (Wildman–Crippen MR) is 104 cm³/mol. The normalized spacial score (nSPS) is 10.8. The summed E-state index contributed by atoms with van der Waals surface area (Å²) >= 11 is 13.1. The highest BCUT2D eigenvalue weighted by molar-refractivity contribution is 7.98. The fraction of sp³-hybridized carbons (Fsp3) is 0.118. The highest BCUT2D eigenvalue weighted by Crippen LogP contribution is 2.30. The van der Waals surface area contributed by atoms with Crippen molar-refractivity contribution >= 4 is 46.6 Å². The monoisotopic (exact) mass is 439 g/mol. The van der Waals surface area contributed by atoms with Gasteiger partial charge in [0.15, 0.2) is 0 Å². The summed E-state index contributed by atoms with van der Waals surface area (Å²) in [6, 6.07) is 9.17. The molecule has 0 saturated carbocycles. The van der Waals surface area contributed by atoms with Gasteiger partial charge in [-0.15, -0.1) is 10.2 Å². The molecule has 1 N–H and O–H groups in total. The molecule has 0 aliphatic heterocycles. The number of non-ortho nitro benzene ring substituents is 1. The summed E-state index contributed by atoms with van der Waals surface area (Å²) in [5, 5.41) is 29.0. The standard InChI is InChI=1S/C17H11Cl2N3O5S/c18-13-2-1-9(5-14(13)19)8-28-17-21-20-16(27-17)11-3-10(6-15(23)24)4-12(7-11)22(25)26/h1-5,7H,6,8H2,(H,23,24). The molecule has 0 fully saturated rings. The van der Waals surface area contributed by atoms with E-state index in [4.69, 9.17) is 32.7 Å². The van der Waals surface area contributed by atoms with Crippen LogP contribution in [0.25, 0.3) is 11.5 Å². The fourth-order valence-corrected chi connectivity index (χ4v) is 3.37. The molecule has 0 atom stereocenters. The van der Waals surface area contributed by atoms with E-state index in [0.29, 0.717) is 15.8 Å². The minimum atomic E-state index is -1.10. The van der Waals surface area contributed by atoms with Crippen molar-refractivity contribution in [2.24, 2.45) is 0 Å². The van der Waals surface area contributed by atoms with E-state index < -0.39 is 10.9 Å². The first-order valence-electron chi connectivity index (χ1n) is 7.72. The molecule has 1 aromatic heterocycles. The molecule has 8 nitrogen and oxygen atoms in total. The lowest BCUT2D eigenvalue weighted by Gasteiger charge is -2.02. The lowest BCUT2D eigenvalue weighted by atomic mass is 10.1. The maximum Gasteiger partial charge on any atom is 0.307 e. The van der Waals surface area contributed by atoms with Crippen molar-refractivity contribution in [3.05, 3.63) is 67.7 Å². The van der Waals surface area contributed by atoms with E-state index in [0.717, 1.165) is 5.56 Å². The first kappa shape index (κ1) is 20.1. The molecule has 1 heterocycles. The second-order valence-electron chi connectivity index (χ2n) is 5.63. The number of aliphatic carboxylic acids is 1. The number of nitro groups is 1. The van der Waals surface area contributed by atoms with Crippen LogP contribution in [0.15, 0.2) is 46.0 Å². The van der Waals surface area contributed by atoms with Crippen molar-refractivity contribution < 1.29 is 19.2 Å². The van der Waals surface area contributed by atoms with Gasteiger partial charge in [0.05, 0.1) is 21.4 Å². The van der Waals surface area contributed by atoms with Gasteiger partial charge < -0.3 is 9.52 Å². The molecule has 3 aromatic rings. The number of carboxylic acid groups (broad SMARTS) is 1. The third-order valence-corrected chi connectivity index (χ3v) is 5.17. The van der Waals surface area contributed by atoms with Crippen molar-refractivity contribution in [2.45, 2.75) is 17.4 Å². The molecule has 0 spiro atoms. The Hall–Kier alpha value is -2.62. The van der Waals surface area contributed by atoms with Crippen molar-refractivity contribution in [2.75, 3.05) is 0 Å². The van der Waals surface area contributed by atoms with Crippen LogP contribution >= 0.6 is 35.0 Å². The Morgan fingerprint density at radius 3 is 2.61 bits per heavy atom. The number of carboxylic acids is 1. The molecule has 0 unspecified atom stereocenters. The molecule has 28 heavy (non-hydrogen) atoms. The summed E-state index contributed by atoms with van der Waals surface area (Å²) in [5.41, 5.74) is 1.19. The van der Waals surface area contributed by atoms with Crippen LogP contribution in [0, 0.1) is 10.1 Å². The zero-order chi connectivity index (χ0) is 20.3. The molecule has 2 aromatic carbocycles. The minimum Gasteiger partial charge on any atom is -0.481 e. The number of hydrogen-bond donors (Lipinski definition) is 1. The van der Waals surface area contributed by atoms with Crippen molar-refractivity contribution in [3.8, 4) is 11.5 Å². The maximum atomic E-state index is 11.1. The smallest absolute Gasteiger partial charge is 0.307 e. The van der Waals surface area contributed by atoms with Crippen LogP contribution in [0.4, 0.5) is 5.69 Å². The van der Waals surface area contributed by atoms with E-state index in [1.807, 2.05) is 6.07 Å². The third kappa shape index (κ3) is 5.00. The number of hydrogen-bond acceptors (Lipinski definition) is 7. The first-order valence-corrected chi connectivity index (χ1v) is 9.46. The number of benzene rings is 2. The quantitative estimate of drug-likeness (QED) is 0.314. The molecule has 0 aliphatic rings. The Bertz CT molecular complexity index is 1060. The van der Waals surface area contributed by atoms with Crippen LogP contribution in [0.2, 0.25) is 10.0 Å². The second kappa shape index (κ2) is 8.59. The van der Waals surface area contributed by atoms with Gasteiger partial charge in [0.1, 0.15) is 0 Å². The molecule has 0 bridgehead atoms. The van der Waals surface area contributed by atoms with Gasteiger partial charge in [-0.3, -0.25) is 14.9 Å².